The van der Waals surface area contributed by atoms with E-state index >= 15 is 0 Å². The maximum atomic E-state index is 12.2. The molecule has 0 bridgehead atoms. The minimum Gasteiger partial charge on any atom is -0.358 e. The van der Waals surface area contributed by atoms with Crippen LogP contribution in [-0.4, -0.2) is 41.9 Å². The normalized spacial score (nSPS) is 13.7. The number of amides is 2. The van der Waals surface area contributed by atoms with Crippen LogP contribution in [0.4, 0.5) is 11.6 Å². The third kappa shape index (κ3) is 3.45. The van der Waals surface area contributed by atoms with Gasteiger partial charge in [-0.05, 0) is 32.3 Å². The van der Waals surface area contributed by atoms with E-state index in [1.165, 1.54) is 6.20 Å². The van der Waals surface area contributed by atoms with E-state index in [4.69, 9.17) is 0 Å². The van der Waals surface area contributed by atoms with Gasteiger partial charge in [-0.25, -0.2) is 4.98 Å². The summed E-state index contributed by atoms with van der Waals surface area (Å²) in [4.78, 5) is 34.2. The molecule has 2 aromatic heterocycles. The zero-order valence-electron chi connectivity index (χ0n) is 15.0. The van der Waals surface area contributed by atoms with Gasteiger partial charge < -0.3 is 20.5 Å². The number of carbonyl (C=O) groups is 2. The molecule has 1 aliphatic rings. The van der Waals surface area contributed by atoms with E-state index in [0.29, 0.717) is 16.9 Å². The van der Waals surface area contributed by atoms with Crippen LogP contribution in [0.1, 0.15) is 43.5 Å². The van der Waals surface area contributed by atoms with Gasteiger partial charge in [0.05, 0.1) is 11.1 Å². The topological polar surface area (TPSA) is 90.1 Å². The van der Waals surface area contributed by atoms with Gasteiger partial charge in [-0.3, -0.25) is 9.59 Å². The maximum Gasteiger partial charge on any atom is 0.253 e. The van der Waals surface area contributed by atoms with Gasteiger partial charge in [-0.15, -0.1) is 0 Å². The average molecular weight is 343 g/mol. The highest BCUT2D eigenvalue weighted by Gasteiger charge is 2.30. The lowest BCUT2D eigenvalue weighted by molar-refractivity contribution is -0.117. The second kappa shape index (κ2) is 7.13. The Balaban J connectivity index is 2.06. The van der Waals surface area contributed by atoms with Crippen LogP contribution < -0.4 is 15.5 Å². The smallest absolute Gasteiger partial charge is 0.253 e. The van der Waals surface area contributed by atoms with Crippen LogP contribution in [0.5, 0.6) is 0 Å². The van der Waals surface area contributed by atoms with E-state index in [2.05, 4.69) is 39.3 Å². The predicted molar refractivity (Wildman–Crippen MR) is 99.0 cm³/mol. The lowest BCUT2D eigenvalue weighted by Crippen LogP contribution is -2.23. The number of hydrogen-bond donors (Lipinski definition) is 3. The summed E-state index contributed by atoms with van der Waals surface area (Å²) in [5.41, 5.74) is 1.19. The van der Waals surface area contributed by atoms with Gasteiger partial charge in [0, 0.05) is 37.6 Å². The number of nitrogens with zero attached hydrogens (tertiary/aromatic N) is 2. The average Bonchev–Trinajstić information content (AvgIpc) is 3.38. The first-order chi connectivity index (χ1) is 12.1. The Kier molecular flexibility index (Phi) is 4.92. The minimum atomic E-state index is -0.193. The van der Waals surface area contributed by atoms with Crippen molar-refractivity contribution in [2.75, 3.05) is 30.4 Å². The summed E-state index contributed by atoms with van der Waals surface area (Å²) in [6.45, 7) is 5.99. The molecule has 25 heavy (non-hydrogen) atoms. The van der Waals surface area contributed by atoms with Crippen LogP contribution in [-0.2, 0) is 4.79 Å². The molecule has 7 heteroatoms. The largest absolute Gasteiger partial charge is 0.358 e. The molecule has 0 aliphatic heterocycles. The molecular formula is C18H25N5O2. The number of hydrogen-bond acceptors (Lipinski definition) is 4. The van der Waals surface area contributed by atoms with Gasteiger partial charge in [0.1, 0.15) is 5.82 Å². The molecule has 1 fully saturated rings. The first-order valence-corrected chi connectivity index (χ1v) is 8.88. The number of nitrogens with one attached hydrogen (secondary N) is 3. The number of fused-ring (bicyclic) bond motifs is 1. The molecule has 1 aliphatic carbocycles. The number of carbonyl (C=O) groups excluding carboxylic acids is 2. The van der Waals surface area contributed by atoms with Crippen molar-refractivity contribution in [1.82, 2.24) is 15.3 Å². The van der Waals surface area contributed by atoms with Crippen LogP contribution in [0.3, 0.4) is 0 Å². The summed E-state index contributed by atoms with van der Waals surface area (Å²) in [6.07, 6.45) is 4.41. The van der Waals surface area contributed by atoms with E-state index in [9.17, 15) is 9.59 Å². The molecule has 0 spiro atoms. The number of pyridine rings is 1. The zero-order chi connectivity index (χ0) is 18.0. The van der Waals surface area contributed by atoms with Gasteiger partial charge in [0.15, 0.2) is 5.82 Å². The molecular weight excluding hydrogens is 318 g/mol. The third-order valence-electron chi connectivity index (χ3n) is 4.53. The number of aromatic nitrogens is 2. The van der Waals surface area contributed by atoms with Crippen LogP contribution >= 0.6 is 0 Å². The Morgan fingerprint density at radius 1 is 1.36 bits per heavy atom. The van der Waals surface area contributed by atoms with Gasteiger partial charge in [0.2, 0.25) is 5.91 Å². The monoisotopic (exact) mass is 343 g/mol. The molecule has 134 valence electrons. The molecule has 1 saturated carbocycles. The Labute approximate surface area is 147 Å². The third-order valence-corrected chi connectivity index (χ3v) is 4.53. The number of aromatic amines is 1. The molecule has 3 N–H and O–H groups in total. The summed E-state index contributed by atoms with van der Waals surface area (Å²) < 4.78 is 0. The summed E-state index contributed by atoms with van der Waals surface area (Å²) >= 11 is 0. The highest BCUT2D eigenvalue weighted by molar-refractivity contribution is 6.11. The maximum absolute atomic E-state index is 12.2. The van der Waals surface area contributed by atoms with E-state index in [1.54, 1.807) is 7.05 Å². The summed E-state index contributed by atoms with van der Waals surface area (Å²) in [6, 6.07) is 1.97. The molecule has 0 aromatic carbocycles. The van der Waals surface area contributed by atoms with Gasteiger partial charge in [-0.1, -0.05) is 6.92 Å². The molecule has 0 saturated heterocycles. The van der Waals surface area contributed by atoms with Crippen molar-refractivity contribution in [3.05, 3.63) is 17.8 Å². The molecule has 7 nitrogen and oxygen atoms in total. The summed E-state index contributed by atoms with van der Waals surface area (Å²) in [5.74, 6) is 1.31. The van der Waals surface area contributed by atoms with Crippen molar-refractivity contribution in [3.8, 4) is 0 Å². The SMILES string of the molecule is CCCN(CC)c1cc2c(C(=O)NC)cnc(NC(=O)C3CC3)c2[nH]1. The van der Waals surface area contributed by atoms with Crippen molar-refractivity contribution < 1.29 is 9.59 Å². The minimum absolute atomic E-state index is 0.00134. The first kappa shape index (κ1) is 17.3. The van der Waals surface area contributed by atoms with Gasteiger partial charge in [-0.2, -0.15) is 0 Å². The van der Waals surface area contributed by atoms with Crippen molar-refractivity contribution in [1.29, 1.82) is 0 Å². The second-order valence-corrected chi connectivity index (χ2v) is 6.39. The highest BCUT2D eigenvalue weighted by Crippen LogP contribution is 2.33. The van der Waals surface area contributed by atoms with E-state index in [1.807, 2.05) is 6.07 Å². The molecule has 3 rings (SSSR count). The fraction of sp³-hybridized carbons (Fsp3) is 0.500. The summed E-state index contributed by atoms with van der Waals surface area (Å²) in [5, 5.41) is 6.32. The van der Waals surface area contributed by atoms with Crippen molar-refractivity contribution in [2.24, 2.45) is 5.92 Å². The predicted octanol–water partition coefficient (Wildman–Crippen LogP) is 2.51. The zero-order valence-corrected chi connectivity index (χ0v) is 15.0. The molecule has 2 heterocycles. The quantitative estimate of drug-likeness (QED) is 0.720. The van der Waals surface area contributed by atoms with E-state index < -0.39 is 0 Å². The van der Waals surface area contributed by atoms with Crippen LogP contribution in [0.25, 0.3) is 10.9 Å². The van der Waals surface area contributed by atoms with Crippen molar-refractivity contribution >= 4 is 34.4 Å². The fourth-order valence-electron chi connectivity index (χ4n) is 2.97. The Bertz CT molecular complexity index is 794. The molecule has 2 aromatic rings. The number of rotatable bonds is 7. The standard InChI is InChI=1S/C18H25N5O2/c1-4-8-23(5-2)14-9-12-13(18(25)19-3)10-20-16(15(12)21-14)22-17(24)11-6-7-11/h9-11,21H,4-8H2,1-3H3,(H,19,25)(H,20,22,24). The van der Waals surface area contributed by atoms with E-state index in [-0.39, 0.29) is 17.7 Å². The van der Waals surface area contributed by atoms with Crippen molar-refractivity contribution in [3.63, 3.8) is 0 Å². The summed E-state index contributed by atoms with van der Waals surface area (Å²) in [7, 11) is 1.60. The van der Waals surface area contributed by atoms with Gasteiger partial charge >= 0.3 is 0 Å². The van der Waals surface area contributed by atoms with Gasteiger partial charge in [0.25, 0.3) is 5.91 Å². The Hall–Kier alpha value is -2.57. The highest BCUT2D eigenvalue weighted by atomic mass is 16.2. The fourth-order valence-corrected chi connectivity index (χ4v) is 2.97. The number of anilines is 2. The Morgan fingerprint density at radius 3 is 2.72 bits per heavy atom. The lowest BCUT2D eigenvalue weighted by atomic mass is 10.1. The second-order valence-electron chi connectivity index (χ2n) is 6.39. The van der Waals surface area contributed by atoms with Crippen molar-refractivity contribution in [2.45, 2.75) is 33.1 Å². The van der Waals surface area contributed by atoms with E-state index in [0.717, 1.165) is 43.6 Å². The number of H-pyrrole nitrogens is 1. The van der Waals surface area contributed by atoms with Crippen LogP contribution in [0.15, 0.2) is 12.3 Å². The molecule has 0 unspecified atom stereocenters. The molecule has 0 atom stereocenters. The molecule has 2 amide bonds. The Morgan fingerprint density at radius 2 is 2.12 bits per heavy atom. The van der Waals surface area contributed by atoms with Crippen LogP contribution in [0, 0.1) is 5.92 Å². The van der Waals surface area contributed by atoms with Crippen LogP contribution in [0.2, 0.25) is 0 Å². The lowest BCUT2D eigenvalue weighted by Gasteiger charge is -2.20. The first-order valence-electron chi connectivity index (χ1n) is 8.88. The molecule has 0 radical (unpaired) electrons.